The van der Waals surface area contributed by atoms with Gasteiger partial charge in [-0.1, -0.05) is 13.3 Å². The second kappa shape index (κ2) is 7.41. The molecule has 4 nitrogen and oxygen atoms in total. The van der Waals surface area contributed by atoms with Crippen molar-refractivity contribution in [3.05, 3.63) is 23.8 Å². The molecule has 0 radical (unpaired) electrons. The number of hydrogen-bond donors (Lipinski definition) is 1. The van der Waals surface area contributed by atoms with Gasteiger partial charge in [-0.05, 0) is 37.5 Å². The Kier molecular flexibility index (Phi) is 5.43. The summed E-state index contributed by atoms with van der Waals surface area (Å²) < 4.78 is 50.5. The normalized spacial score (nSPS) is 26.7. The van der Waals surface area contributed by atoms with E-state index in [1.807, 2.05) is 6.92 Å². The fourth-order valence-electron chi connectivity index (χ4n) is 3.60. The monoisotopic (exact) mass is 359 g/mol. The minimum atomic E-state index is -4.41. The number of nitrogens with zero attached hydrogens (tertiary/aromatic N) is 1. The molecule has 0 aliphatic carbocycles. The van der Waals surface area contributed by atoms with Crippen molar-refractivity contribution in [2.75, 3.05) is 6.61 Å². The fourth-order valence-corrected chi connectivity index (χ4v) is 3.60. The number of halogens is 3. The molecule has 0 aromatic heterocycles. The van der Waals surface area contributed by atoms with E-state index < -0.39 is 11.7 Å². The standard InChI is InChI=1S/C18H24F3NO3/c1-2-3-8-24-17-9-12(18(19,20)21)4-7-16(17)25-15-10-13-5-6-14(11-15)22(13)23/h4,7,9,13-15,23H,2-3,5-6,8,10-11H2,1H3/t13-,14-/m1/s1. The topological polar surface area (TPSA) is 41.9 Å². The Hall–Kier alpha value is -1.47. The first-order valence-corrected chi connectivity index (χ1v) is 8.86. The van der Waals surface area contributed by atoms with E-state index >= 15 is 0 Å². The summed E-state index contributed by atoms with van der Waals surface area (Å²) in [6.07, 6.45) is 0.317. The van der Waals surface area contributed by atoms with Gasteiger partial charge in [0.05, 0.1) is 12.2 Å². The Morgan fingerprint density at radius 2 is 1.84 bits per heavy atom. The van der Waals surface area contributed by atoms with Crippen LogP contribution >= 0.6 is 0 Å². The van der Waals surface area contributed by atoms with E-state index in [-0.39, 0.29) is 23.9 Å². The van der Waals surface area contributed by atoms with Gasteiger partial charge in [0, 0.05) is 24.9 Å². The highest BCUT2D eigenvalue weighted by molar-refractivity contribution is 5.44. The number of unbranched alkanes of at least 4 members (excludes halogenated alkanes) is 1. The highest BCUT2D eigenvalue weighted by Crippen LogP contribution is 2.40. The van der Waals surface area contributed by atoms with Crippen molar-refractivity contribution < 1.29 is 27.9 Å². The summed E-state index contributed by atoms with van der Waals surface area (Å²) in [5.41, 5.74) is -0.739. The van der Waals surface area contributed by atoms with Gasteiger partial charge in [-0.3, -0.25) is 0 Å². The van der Waals surface area contributed by atoms with E-state index in [1.165, 1.54) is 11.1 Å². The fraction of sp³-hybridized carbons (Fsp3) is 0.667. The maximum atomic E-state index is 13.0. The lowest BCUT2D eigenvalue weighted by atomic mass is 10.0. The molecule has 2 atom stereocenters. The van der Waals surface area contributed by atoms with Crippen LogP contribution in [0.1, 0.15) is 51.0 Å². The minimum Gasteiger partial charge on any atom is -0.490 e. The smallest absolute Gasteiger partial charge is 0.416 e. The Bertz CT molecular complexity index is 579. The summed E-state index contributed by atoms with van der Waals surface area (Å²) in [5.74, 6) is 0.488. The van der Waals surface area contributed by atoms with Crippen LogP contribution in [-0.4, -0.2) is 35.1 Å². The molecule has 1 aromatic rings. The van der Waals surface area contributed by atoms with Gasteiger partial charge in [0.15, 0.2) is 11.5 Å². The molecule has 0 saturated carbocycles. The van der Waals surface area contributed by atoms with Crippen LogP contribution in [0.15, 0.2) is 18.2 Å². The molecule has 140 valence electrons. The van der Waals surface area contributed by atoms with E-state index in [1.54, 1.807) is 0 Å². The number of fused-ring (bicyclic) bond motifs is 2. The van der Waals surface area contributed by atoms with Gasteiger partial charge in [0.2, 0.25) is 0 Å². The Balaban J connectivity index is 1.75. The van der Waals surface area contributed by atoms with Gasteiger partial charge in [-0.25, -0.2) is 0 Å². The maximum Gasteiger partial charge on any atom is 0.416 e. The van der Waals surface area contributed by atoms with Crippen LogP contribution in [-0.2, 0) is 6.18 Å². The number of hydrogen-bond acceptors (Lipinski definition) is 4. The highest BCUT2D eigenvalue weighted by Gasteiger charge is 2.41. The lowest BCUT2D eigenvalue weighted by molar-refractivity contribution is -0.164. The van der Waals surface area contributed by atoms with Gasteiger partial charge in [0.1, 0.15) is 6.10 Å². The van der Waals surface area contributed by atoms with Crippen molar-refractivity contribution >= 4 is 0 Å². The van der Waals surface area contributed by atoms with Gasteiger partial charge in [-0.2, -0.15) is 18.2 Å². The molecule has 25 heavy (non-hydrogen) atoms. The zero-order valence-electron chi connectivity index (χ0n) is 14.3. The lowest BCUT2D eigenvalue weighted by Crippen LogP contribution is -2.44. The van der Waals surface area contributed by atoms with E-state index in [9.17, 15) is 18.4 Å². The van der Waals surface area contributed by atoms with Crippen LogP contribution in [0.5, 0.6) is 11.5 Å². The Labute approximate surface area is 145 Å². The van der Waals surface area contributed by atoms with Crippen LogP contribution in [0.3, 0.4) is 0 Å². The molecule has 0 amide bonds. The van der Waals surface area contributed by atoms with Crippen molar-refractivity contribution in [2.24, 2.45) is 0 Å². The number of benzene rings is 1. The molecule has 0 unspecified atom stereocenters. The number of alkyl halides is 3. The Morgan fingerprint density at radius 1 is 1.16 bits per heavy atom. The van der Waals surface area contributed by atoms with E-state index in [0.29, 0.717) is 25.2 Å². The van der Waals surface area contributed by atoms with Gasteiger partial charge >= 0.3 is 6.18 Å². The predicted octanol–water partition coefficient (Wildman–Crippen LogP) is 4.65. The molecule has 3 rings (SSSR count). The third kappa shape index (κ3) is 4.20. The summed E-state index contributed by atoms with van der Waals surface area (Å²) in [6, 6.07) is 3.53. The van der Waals surface area contributed by atoms with Crippen LogP contribution < -0.4 is 9.47 Å². The number of hydroxylamine groups is 2. The molecule has 2 heterocycles. The number of piperidine rings is 1. The van der Waals surface area contributed by atoms with Crippen LogP contribution in [0.25, 0.3) is 0 Å². The van der Waals surface area contributed by atoms with Crippen molar-refractivity contribution in [2.45, 2.75) is 69.8 Å². The molecule has 1 aromatic carbocycles. The summed E-state index contributed by atoms with van der Waals surface area (Å²) in [5, 5.41) is 11.4. The quantitative estimate of drug-likeness (QED) is 0.751. The second-order valence-corrected chi connectivity index (χ2v) is 6.84. The van der Waals surface area contributed by atoms with Crippen molar-refractivity contribution in [1.82, 2.24) is 5.06 Å². The molecule has 7 heteroatoms. The van der Waals surface area contributed by atoms with Gasteiger partial charge < -0.3 is 14.7 Å². The van der Waals surface area contributed by atoms with E-state index in [4.69, 9.17) is 9.47 Å². The zero-order chi connectivity index (χ0) is 18.0. The Morgan fingerprint density at radius 3 is 2.44 bits per heavy atom. The van der Waals surface area contributed by atoms with E-state index in [2.05, 4.69) is 0 Å². The molecular formula is C18H24F3NO3. The largest absolute Gasteiger partial charge is 0.490 e. The third-order valence-corrected chi connectivity index (χ3v) is 4.97. The second-order valence-electron chi connectivity index (χ2n) is 6.84. The maximum absolute atomic E-state index is 13.0. The van der Waals surface area contributed by atoms with Crippen LogP contribution in [0, 0.1) is 0 Å². The van der Waals surface area contributed by atoms with Crippen molar-refractivity contribution in [3.63, 3.8) is 0 Å². The summed E-state index contributed by atoms with van der Waals surface area (Å²) in [7, 11) is 0. The third-order valence-electron chi connectivity index (χ3n) is 4.97. The molecule has 2 saturated heterocycles. The first-order valence-electron chi connectivity index (χ1n) is 8.86. The van der Waals surface area contributed by atoms with Gasteiger partial charge in [0.25, 0.3) is 0 Å². The van der Waals surface area contributed by atoms with Crippen LogP contribution in [0.2, 0.25) is 0 Å². The average Bonchev–Trinajstić information content (AvgIpc) is 2.77. The molecule has 2 fully saturated rings. The molecule has 0 spiro atoms. The first kappa shape index (κ1) is 18.3. The average molecular weight is 359 g/mol. The lowest BCUT2D eigenvalue weighted by Gasteiger charge is -2.34. The first-order chi connectivity index (χ1) is 11.9. The van der Waals surface area contributed by atoms with Crippen molar-refractivity contribution in [1.29, 1.82) is 0 Å². The predicted molar refractivity (Wildman–Crippen MR) is 85.9 cm³/mol. The SMILES string of the molecule is CCCCOc1cc(C(F)(F)F)ccc1OC1C[C@H]2CC[C@H](C1)N2O. The summed E-state index contributed by atoms with van der Waals surface area (Å²) in [6.45, 7) is 2.35. The molecule has 2 bridgehead atoms. The summed E-state index contributed by atoms with van der Waals surface area (Å²) >= 11 is 0. The van der Waals surface area contributed by atoms with E-state index in [0.717, 1.165) is 37.8 Å². The molecule has 1 N–H and O–H groups in total. The number of ether oxygens (including phenoxy) is 2. The zero-order valence-corrected chi connectivity index (χ0v) is 14.3. The molecule has 2 aliphatic heterocycles. The minimum absolute atomic E-state index is 0.0719. The number of rotatable bonds is 6. The summed E-state index contributed by atoms with van der Waals surface area (Å²) in [4.78, 5) is 0. The van der Waals surface area contributed by atoms with Crippen molar-refractivity contribution in [3.8, 4) is 11.5 Å². The highest BCUT2D eigenvalue weighted by atomic mass is 19.4. The van der Waals surface area contributed by atoms with Gasteiger partial charge in [-0.15, -0.1) is 0 Å². The molecule has 2 aliphatic rings. The molecular weight excluding hydrogens is 335 g/mol. The van der Waals surface area contributed by atoms with Crippen LogP contribution in [0.4, 0.5) is 13.2 Å².